The molecule has 10 heteroatoms. The molecule has 162 valence electrons. The van der Waals surface area contributed by atoms with Crippen LogP contribution in [0.25, 0.3) is 0 Å². The Labute approximate surface area is 172 Å². The average Bonchev–Trinajstić information content (AvgIpc) is 2.98. The molecule has 0 fully saturated rings. The number of carbonyl (C=O) groups excluding carboxylic acids is 2. The molecule has 0 aliphatic carbocycles. The Bertz CT molecular complexity index is 984. The number of hydrogen-bond acceptors (Lipinski definition) is 3. The van der Waals surface area contributed by atoms with Crippen LogP contribution in [0.15, 0.2) is 18.2 Å². The second-order valence-electron chi connectivity index (χ2n) is 7.52. The molecule has 0 radical (unpaired) electrons. The van der Waals surface area contributed by atoms with Gasteiger partial charge in [0.1, 0.15) is 6.04 Å². The number of rotatable bonds is 3. The number of amides is 3. The molecule has 1 aliphatic heterocycles. The van der Waals surface area contributed by atoms with Crippen molar-refractivity contribution in [3.63, 3.8) is 0 Å². The zero-order chi connectivity index (χ0) is 22.2. The number of benzene rings is 1. The van der Waals surface area contributed by atoms with Gasteiger partial charge in [-0.3, -0.25) is 9.48 Å². The van der Waals surface area contributed by atoms with Crippen LogP contribution < -0.4 is 10.6 Å². The minimum absolute atomic E-state index is 0.0701. The van der Waals surface area contributed by atoms with Crippen molar-refractivity contribution in [2.75, 3.05) is 11.9 Å². The van der Waals surface area contributed by atoms with E-state index in [-0.39, 0.29) is 18.1 Å². The maximum Gasteiger partial charge on any atom is 0.408 e. The van der Waals surface area contributed by atoms with E-state index in [1.54, 1.807) is 17.7 Å². The fraction of sp³-hybridized carbons (Fsp3) is 0.450. The highest BCUT2D eigenvalue weighted by atomic mass is 19.4. The Kier molecular flexibility index (Phi) is 5.78. The molecule has 0 saturated heterocycles. The third-order valence-corrected chi connectivity index (χ3v) is 5.27. The highest BCUT2D eigenvalue weighted by Gasteiger charge is 2.38. The van der Waals surface area contributed by atoms with E-state index in [4.69, 9.17) is 0 Å². The van der Waals surface area contributed by atoms with E-state index < -0.39 is 18.1 Å². The third-order valence-electron chi connectivity index (χ3n) is 5.27. The van der Waals surface area contributed by atoms with Gasteiger partial charge in [0.25, 0.3) is 5.91 Å². The molecule has 1 aliphatic rings. The molecule has 7 nitrogen and oxygen atoms in total. The van der Waals surface area contributed by atoms with Crippen molar-refractivity contribution in [2.24, 2.45) is 0 Å². The first kappa shape index (κ1) is 21.7. The van der Waals surface area contributed by atoms with Crippen LogP contribution in [0.1, 0.15) is 39.8 Å². The van der Waals surface area contributed by atoms with Crippen molar-refractivity contribution < 1.29 is 22.8 Å². The van der Waals surface area contributed by atoms with Crippen molar-refractivity contribution in [2.45, 2.75) is 53.0 Å². The van der Waals surface area contributed by atoms with Gasteiger partial charge in [0, 0.05) is 12.2 Å². The number of aryl methyl sites for hydroxylation is 3. The van der Waals surface area contributed by atoms with Crippen molar-refractivity contribution in [3.8, 4) is 0 Å². The van der Waals surface area contributed by atoms with E-state index in [0.29, 0.717) is 30.2 Å². The van der Waals surface area contributed by atoms with Gasteiger partial charge in [-0.2, -0.15) is 18.3 Å². The van der Waals surface area contributed by atoms with E-state index in [1.165, 1.54) is 4.90 Å². The quantitative estimate of drug-likeness (QED) is 0.793. The summed E-state index contributed by atoms with van der Waals surface area (Å²) < 4.78 is 40.0. The zero-order valence-corrected chi connectivity index (χ0v) is 17.2. The van der Waals surface area contributed by atoms with Crippen molar-refractivity contribution in [1.82, 2.24) is 20.0 Å². The number of carbonyl (C=O) groups is 2. The van der Waals surface area contributed by atoms with Crippen LogP contribution in [-0.4, -0.2) is 45.4 Å². The van der Waals surface area contributed by atoms with Crippen LogP contribution in [0.5, 0.6) is 0 Å². The van der Waals surface area contributed by atoms with Gasteiger partial charge in [-0.25, -0.2) is 4.79 Å². The standard InChI is InChI=1S/C20H24F3N5O2/c1-11-5-6-15(9-12(11)2)25-19(30)27-7-8-28-16(10-27)17(13(3)26-28)18(29)24-14(4)20(21,22)23/h5-6,9,14H,7-8,10H2,1-4H3,(H,24,29)(H,25,30)/t14-/m1/s1. The van der Waals surface area contributed by atoms with Crippen LogP contribution in [0.2, 0.25) is 0 Å². The van der Waals surface area contributed by atoms with Gasteiger partial charge in [0.2, 0.25) is 0 Å². The van der Waals surface area contributed by atoms with Crippen LogP contribution in [-0.2, 0) is 13.1 Å². The first-order valence-electron chi connectivity index (χ1n) is 9.54. The first-order valence-corrected chi connectivity index (χ1v) is 9.54. The summed E-state index contributed by atoms with van der Waals surface area (Å²) in [7, 11) is 0. The van der Waals surface area contributed by atoms with Crippen molar-refractivity contribution in [1.29, 1.82) is 0 Å². The lowest BCUT2D eigenvalue weighted by atomic mass is 10.1. The van der Waals surface area contributed by atoms with Crippen LogP contribution >= 0.6 is 0 Å². The Hall–Kier alpha value is -3.04. The highest BCUT2D eigenvalue weighted by Crippen LogP contribution is 2.24. The maximum absolute atomic E-state index is 12.8. The molecule has 1 atom stereocenters. The van der Waals surface area contributed by atoms with Gasteiger partial charge in [-0.05, 0) is 51.0 Å². The van der Waals surface area contributed by atoms with Crippen LogP contribution in [0, 0.1) is 20.8 Å². The molecule has 0 saturated carbocycles. The molecule has 30 heavy (non-hydrogen) atoms. The van der Waals surface area contributed by atoms with E-state index in [2.05, 4.69) is 10.4 Å². The summed E-state index contributed by atoms with van der Waals surface area (Å²) in [5.74, 6) is -0.852. The largest absolute Gasteiger partial charge is 0.408 e. The molecule has 3 amide bonds. The summed E-state index contributed by atoms with van der Waals surface area (Å²) in [6.45, 7) is 7.15. The summed E-state index contributed by atoms with van der Waals surface area (Å²) in [5, 5.41) is 9.06. The minimum Gasteiger partial charge on any atom is -0.340 e. The fourth-order valence-electron chi connectivity index (χ4n) is 3.29. The van der Waals surface area contributed by atoms with E-state index in [0.717, 1.165) is 18.1 Å². The minimum atomic E-state index is -4.55. The van der Waals surface area contributed by atoms with Gasteiger partial charge in [0.15, 0.2) is 0 Å². The fourth-order valence-corrected chi connectivity index (χ4v) is 3.29. The molecule has 1 aromatic carbocycles. The topological polar surface area (TPSA) is 79.3 Å². The third kappa shape index (κ3) is 4.42. The van der Waals surface area contributed by atoms with E-state index in [1.807, 2.05) is 31.3 Å². The predicted molar refractivity (Wildman–Crippen MR) is 105 cm³/mol. The molecule has 2 aromatic rings. The summed E-state index contributed by atoms with van der Waals surface area (Å²) in [5.41, 5.74) is 3.62. The Balaban J connectivity index is 1.77. The Morgan fingerprint density at radius 3 is 2.47 bits per heavy atom. The second kappa shape index (κ2) is 8.00. The molecule has 1 aromatic heterocycles. The number of nitrogens with zero attached hydrogens (tertiary/aromatic N) is 3. The number of fused-ring (bicyclic) bond motifs is 1. The summed E-state index contributed by atoms with van der Waals surface area (Å²) in [6, 6.07) is 3.23. The monoisotopic (exact) mass is 423 g/mol. The molecule has 0 spiro atoms. The van der Waals surface area contributed by atoms with E-state index >= 15 is 0 Å². The molecule has 3 rings (SSSR count). The van der Waals surface area contributed by atoms with E-state index in [9.17, 15) is 22.8 Å². The van der Waals surface area contributed by atoms with Gasteiger partial charge >= 0.3 is 12.2 Å². The SMILES string of the molecule is Cc1ccc(NC(=O)N2CCn3nc(C)c(C(=O)N[C@H](C)C(F)(F)F)c3C2)cc1C. The van der Waals surface area contributed by atoms with Crippen LogP contribution in [0.4, 0.5) is 23.7 Å². The lowest BCUT2D eigenvalue weighted by Crippen LogP contribution is -2.44. The van der Waals surface area contributed by atoms with Gasteiger partial charge in [-0.15, -0.1) is 0 Å². The highest BCUT2D eigenvalue weighted by molar-refractivity contribution is 5.97. The maximum atomic E-state index is 12.8. The summed E-state index contributed by atoms with van der Waals surface area (Å²) >= 11 is 0. The molecule has 2 heterocycles. The lowest BCUT2D eigenvalue weighted by molar-refractivity contribution is -0.149. The number of hydrogen-bond donors (Lipinski definition) is 2. The molecule has 0 bridgehead atoms. The van der Waals surface area contributed by atoms with Gasteiger partial charge in [0.05, 0.1) is 30.0 Å². The van der Waals surface area contributed by atoms with Gasteiger partial charge in [-0.1, -0.05) is 6.07 Å². The number of anilines is 1. The first-order chi connectivity index (χ1) is 14.0. The summed E-state index contributed by atoms with van der Waals surface area (Å²) in [4.78, 5) is 26.7. The molecular formula is C20H24F3N5O2. The predicted octanol–water partition coefficient (Wildman–Crippen LogP) is 3.54. The zero-order valence-electron chi connectivity index (χ0n) is 17.2. The number of alkyl halides is 3. The lowest BCUT2D eigenvalue weighted by Gasteiger charge is -2.28. The number of nitrogens with one attached hydrogen (secondary N) is 2. The van der Waals surface area contributed by atoms with Gasteiger partial charge < -0.3 is 15.5 Å². The number of urea groups is 1. The average molecular weight is 423 g/mol. The summed E-state index contributed by atoms with van der Waals surface area (Å²) in [6.07, 6.45) is -4.55. The van der Waals surface area contributed by atoms with Crippen molar-refractivity contribution >= 4 is 17.6 Å². The molecule has 2 N–H and O–H groups in total. The Morgan fingerprint density at radius 2 is 1.83 bits per heavy atom. The number of halogens is 3. The normalized spacial score (nSPS) is 14.8. The Morgan fingerprint density at radius 1 is 1.13 bits per heavy atom. The van der Waals surface area contributed by atoms with Crippen LogP contribution in [0.3, 0.4) is 0 Å². The molecule has 0 unspecified atom stereocenters. The van der Waals surface area contributed by atoms with Crippen molar-refractivity contribution in [3.05, 3.63) is 46.3 Å². The molecular weight excluding hydrogens is 399 g/mol. The number of aromatic nitrogens is 2. The smallest absolute Gasteiger partial charge is 0.340 e. The second-order valence-corrected chi connectivity index (χ2v) is 7.52.